The predicted octanol–water partition coefficient (Wildman–Crippen LogP) is 2.46. The van der Waals surface area contributed by atoms with E-state index in [-0.39, 0.29) is 41.4 Å². The van der Waals surface area contributed by atoms with Crippen molar-refractivity contribution in [2.45, 2.75) is 18.4 Å². The Balaban J connectivity index is 1.52. The van der Waals surface area contributed by atoms with Gasteiger partial charge < -0.3 is 10.1 Å². The number of nitrogens with one attached hydrogen (secondary N) is 1. The van der Waals surface area contributed by atoms with Gasteiger partial charge in [0.1, 0.15) is 0 Å². The number of morpholine rings is 1. The molecule has 11 heteroatoms. The van der Waals surface area contributed by atoms with E-state index in [4.69, 9.17) is 4.74 Å². The molecular weight excluding hydrogens is 466 g/mol. The number of imide groups is 1. The van der Waals surface area contributed by atoms with Gasteiger partial charge in [0.2, 0.25) is 15.9 Å². The van der Waals surface area contributed by atoms with Crippen LogP contribution in [0.3, 0.4) is 0 Å². The Morgan fingerprint density at radius 3 is 2.58 bits per heavy atom. The smallest absolute Gasteiger partial charge is 0.289 e. The zero-order valence-electron chi connectivity index (χ0n) is 17.9. The lowest BCUT2D eigenvalue weighted by Gasteiger charge is -2.26. The van der Waals surface area contributed by atoms with E-state index < -0.39 is 15.9 Å². The lowest BCUT2D eigenvalue weighted by molar-refractivity contribution is -0.125. The Morgan fingerprint density at radius 2 is 1.88 bits per heavy atom. The molecule has 0 saturated carbocycles. The van der Waals surface area contributed by atoms with Crippen molar-refractivity contribution in [3.63, 3.8) is 0 Å². The molecule has 33 heavy (non-hydrogen) atoms. The van der Waals surface area contributed by atoms with Crippen LogP contribution >= 0.6 is 11.8 Å². The third-order valence-corrected chi connectivity index (χ3v) is 8.19. The number of ether oxygens (including phenoxy) is 1. The maximum Gasteiger partial charge on any atom is 0.289 e. The number of rotatable bonds is 6. The number of sulfonamides is 1. The van der Waals surface area contributed by atoms with E-state index in [1.54, 1.807) is 37.3 Å². The normalized spacial score (nSPS) is 17.4. The summed E-state index contributed by atoms with van der Waals surface area (Å²) in [6.45, 7) is 3.13. The molecule has 2 aliphatic heterocycles. The summed E-state index contributed by atoms with van der Waals surface area (Å²) >= 11 is 0.959. The molecule has 9 nitrogen and oxygen atoms in total. The van der Waals surface area contributed by atoms with Gasteiger partial charge in [-0.05, 0) is 42.3 Å². The van der Waals surface area contributed by atoms with Crippen LogP contribution < -0.4 is 5.32 Å². The van der Waals surface area contributed by atoms with Gasteiger partial charge in [-0.15, -0.1) is 0 Å². The Kier molecular flexibility index (Phi) is 6.84. The minimum Gasteiger partial charge on any atom is -0.379 e. The van der Waals surface area contributed by atoms with Crippen LogP contribution in [0.15, 0.2) is 47.4 Å². The van der Waals surface area contributed by atoms with E-state index in [2.05, 4.69) is 5.32 Å². The number of anilines is 1. The Bertz CT molecular complexity index is 1190. The standard InChI is InChI=1S/C22H23N3O6S2/c1-15-5-6-18(33(29,30)24-7-9-31-10-8-24)12-19(15)23-21(27)17-4-2-3-16(11-17)13-25-20(26)14-32-22(25)28/h2-6,11-12H,7-10,13-14H2,1H3,(H,23,27). The van der Waals surface area contributed by atoms with Crippen molar-refractivity contribution in [3.8, 4) is 0 Å². The molecule has 1 N–H and O–H groups in total. The van der Waals surface area contributed by atoms with Crippen LogP contribution in [0.2, 0.25) is 0 Å². The number of carbonyl (C=O) groups is 3. The van der Waals surface area contributed by atoms with Crippen LogP contribution in [0.4, 0.5) is 10.5 Å². The molecule has 2 aliphatic rings. The highest BCUT2D eigenvalue weighted by Crippen LogP contribution is 2.25. The Hall–Kier alpha value is -2.73. The van der Waals surface area contributed by atoms with Crippen molar-refractivity contribution in [1.82, 2.24) is 9.21 Å². The SMILES string of the molecule is Cc1ccc(S(=O)(=O)N2CCOCC2)cc1NC(=O)c1cccc(CN2C(=O)CSC2=O)c1. The molecule has 4 rings (SSSR count). The summed E-state index contributed by atoms with van der Waals surface area (Å²) in [6, 6.07) is 11.3. The van der Waals surface area contributed by atoms with Gasteiger partial charge in [0.05, 0.1) is 30.4 Å². The van der Waals surface area contributed by atoms with Gasteiger partial charge in [-0.3, -0.25) is 19.3 Å². The number of hydrogen-bond acceptors (Lipinski definition) is 7. The zero-order valence-corrected chi connectivity index (χ0v) is 19.6. The van der Waals surface area contributed by atoms with Crippen molar-refractivity contribution < 1.29 is 27.5 Å². The molecule has 0 spiro atoms. The molecule has 2 aromatic rings. The Morgan fingerprint density at radius 1 is 1.12 bits per heavy atom. The maximum atomic E-state index is 13.0. The number of hydrogen-bond donors (Lipinski definition) is 1. The first-order valence-electron chi connectivity index (χ1n) is 10.3. The maximum absolute atomic E-state index is 13.0. The van der Waals surface area contributed by atoms with Gasteiger partial charge in [0.15, 0.2) is 0 Å². The predicted molar refractivity (Wildman–Crippen MR) is 124 cm³/mol. The topological polar surface area (TPSA) is 113 Å². The monoisotopic (exact) mass is 489 g/mol. The minimum atomic E-state index is -3.70. The first-order chi connectivity index (χ1) is 15.8. The van der Waals surface area contributed by atoms with E-state index >= 15 is 0 Å². The third-order valence-electron chi connectivity index (χ3n) is 5.44. The molecule has 0 aliphatic carbocycles. The molecular formula is C22H23N3O6S2. The van der Waals surface area contributed by atoms with Gasteiger partial charge in [-0.2, -0.15) is 4.31 Å². The molecule has 0 aromatic heterocycles. The quantitative estimate of drug-likeness (QED) is 0.663. The van der Waals surface area contributed by atoms with Crippen LogP contribution in [0, 0.1) is 6.92 Å². The highest BCUT2D eigenvalue weighted by molar-refractivity contribution is 8.14. The summed E-state index contributed by atoms with van der Waals surface area (Å²) in [6.07, 6.45) is 0. The Labute approximate surface area is 196 Å². The van der Waals surface area contributed by atoms with Crippen LogP contribution in [0.5, 0.6) is 0 Å². The van der Waals surface area contributed by atoms with Gasteiger partial charge in [-0.1, -0.05) is 30.0 Å². The fraction of sp³-hybridized carbons (Fsp3) is 0.318. The molecule has 0 bridgehead atoms. The minimum absolute atomic E-state index is 0.0953. The number of nitrogens with zero attached hydrogens (tertiary/aromatic N) is 2. The lowest BCUT2D eigenvalue weighted by atomic mass is 10.1. The molecule has 0 radical (unpaired) electrons. The van der Waals surface area contributed by atoms with Crippen LogP contribution in [0.1, 0.15) is 21.5 Å². The summed E-state index contributed by atoms with van der Waals surface area (Å²) in [5.41, 5.74) is 2.08. The molecule has 2 aromatic carbocycles. The second-order valence-electron chi connectivity index (χ2n) is 7.68. The van der Waals surface area contributed by atoms with Crippen molar-refractivity contribution in [3.05, 3.63) is 59.2 Å². The van der Waals surface area contributed by atoms with Crippen molar-refractivity contribution in [2.24, 2.45) is 0 Å². The number of aryl methyl sites for hydroxylation is 1. The highest BCUT2D eigenvalue weighted by atomic mass is 32.2. The summed E-state index contributed by atoms with van der Waals surface area (Å²) in [7, 11) is -3.70. The fourth-order valence-electron chi connectivity index (χ4n) is 3.55. The highest BCUT2D eigenvalue weighted by Gasteiger charge is 2.30. The van der Waals surface area contributed by atoms with Gasteiger partial charge >= 0.3 is 0 Å². The van der Waals surface area contributed by atoms with E-state index in [1.165, 1.54) is 16.4 Å². The number of amides is 3. The number of thioether (sulfide) groups is 1. The molecule has 2 heterocycles. The average Bonchev–Trinajstić information content (AvgIpc) is 3.13. The van der Waals surface area contributed by atoms with Crippen LogP contribution in [-0.4, -0.2) is 66.7 Å². The summed E-state index contributed by atoms with van der Waals surface area (Å²) in [4.78, 5) is 37.9. The molecule has 0 atom stereocenters. The van der Waals surface area contributed by atoms with Gasteiger partial charge in [0, 0.05) is 24.3 Å². The van der Waals surface area contributed by atoms with Gasteiger partial charge in [-0.25, -0.2) is 8.42 Å². The van der Waals surface area contributed by atoms with Gasteiger partial charge in [0.25, 0.3) is 11.1 Å². The fourth-order valence-corrected chi connectivity index (χ4v) is 5.71. The van der Waals surface area contributed by atoms with Crippen molar-refractivity contribution >= 4 is 44.5 Å². The van der Waals surface area contributed by atoms with Crippen molar-refractivity contribution in [2.75, 3.05) is 37.4 Å². The molecule has 0 unspecified atom stereocenters. The molecule has 2 saturated heterocycles. The van der Waals surface area contributed by atoms with Crippen LogP contribution in [0.25, 0.3) is 0 Å². The zero-order chi connectivity index (χ0) is 23.6. The molecule has 174 valence electrons. The van der Waals surface area contributed by atoms with E-state index in [0.29, 0.717) is 35.6 Å². The largest absolute Gasteiger partial charge is 0.379 e. The van der Waals surface area contributed by atoms with Crippen LogP contribution in [-0.2, 0) is 26.1 Å². The number of benzene rings is 2. The second kappa shape index (κ2) is 9.64. The average molecular weight is 490 g/mol. The first-order valence-corrected chi connectivity index (χ1v) is 12.7. The van der Waals surface area contributed by atoms with E-state index in [0.717, 1.165) is 16.7 Å². The van der Waals surface area contributed by atoms with E-state index in [9.17, 15) is 22.8 Å². The summed E-state index contributed by atoms with van der Waals surface area (Å²) in [5.74, 6) is -0.551. The first kappa shape index (κ1) is 23.4. The second-order valence-corrected chi connectivity index (χ2v) is 10.5. The number of carbonyl (C=O) groups excluding carboxylic acids is 3. The van der Waals surface area contributed by atoms with E-state index in [1.807, 2.05) is 0 Å². The summed E-state index contributed by atoms with van der Waals surface area (Å²) in [5, 5.41) is 2.48. The van der Waals surface area contributed by atoms with Crippen molar-refractivity contribution in [1.29, 1.82) is 0 Å². The third kappa shape index (κ3) is 5.11. The molecule has 2 fully saturated rings. The summed E-state index contributed by atoms with van der Waals surface area (Å²) < 4.78 is 32.5. The lowest BCUT2D eigenvalue weighted by Crippen LogP contribution is -2.40. The molecule has 3 amide bonds.